The molecule has 1 aromatic rings. The van der Waals surface area contributed by atoms with Gasteiger partial charge in [-0.2, -0.15) is 5.10 Å². The van der Waals surface area contributed by atoms with Crippen LogP contribution in [0.25, 0.3) is 0 Å². The Morgan fingerprint density at radius 3 is 2.87 bits per heavy atom. The fourth-order valence-corrected chi connectivity index (χ4v) is 1.00. The van der Waals surface area contributed by atoms with Crippen molar-refractivity contribution in [1.82, 2.24) is 15.5 Å². The van der Waals surface area contributed by atoms with Gasteiger partial charge < -0.3 is 16.8 Å². The van der Waals surface area contributed by atoms with Crippen molar-refractivity contribution in [3.63, 3.8) is 0 Å². The van der Waals surface area contributed by atoms with Gasteiger partial charge in [0, 0.05) is 18.3 Å². The van der Waals surface area contributed by atoms with E-state index in [1.54, 1.807) is 12.4 Å². The van der Waals surface area contributed by atoms with Crippen molar-refractivity contribution in [2.75, 3.05) is 0 Å². The third-order valence-corrected chi connectivity index (χ3v) is 1.78. The minimum absolute atomic E-state index is 0.156. The summed E-state index contributed by atoms with van der Waals surface area (Å²) in [5.41, 5.74) is 11.2. The zero-order valence-corrected chi connectivity index (χ0v) is 8.06. The van der Waals surface area contributed by atoms with Crippen molar-refractivity contribution < 1.29 is 9.59 Å². The summed E-state index contributed by atoms with van der Waals surface area (Å²) in [6, 6.07) is -0.894. The van der Waals surface area contributed by atoms with Gasteiger partial charge in [0.25, 0.3) is 0 Å². The standard InChI is InChI=1S/C8H13N5O2/c9-6(1-7(10)14)8(15)11-2-5-3-12-13-4-5/h3-4,6H,1-2,9H2,(H2,10,14)(H,11,15)(H,12,13). The van der Waals surface area contributed by atoms with E-state index in [0.29, 0.717) is 6.54 Å². The van der Waals surface area contributed by atoms with E-state index in [4.69, 9.17) is 11.5 Å². The van der Waals surface area contributed by atoms with E-state index >= 15 is 0 Å². The molecule has 1 atom stereocenters. The van der Waals surface area contributed by atoms with Crippen LogP contribution in [0.4, 0.5) is 0 Å². The first-order valence-corrected chi connectivity index (χ1v) is 4.39. The smallest absolute Gasteiger partial charge is 0.237 e. The molecule has 1 heterocycles. The van der Waals surface area contributed by atoms with Gasteiger partial charge in [0.05, 0.1) is 18.7 Å². The van der Waals surface area contributed by atoms with Crippen LogP contribution >= 0.6 is 0 Å². The number of amides is 2. The summed E-state index contributed by atoms with van der Waals surface area (Å²) in [7, 11) is 0. The molecule has 1 rings (SSSR count). The Bertz CT molecular complexity index is 335. The number of aromatic nitrogens is 2. The van der Waals surface area contributed by atoms with Gasteiger partial charge in [-0.1, -0.05) is 0 Å². The highest BCUT2D eigenvalue weighted by molar-refractivity contribution is 5.87. The molecule has 6 N–H and O–H groups in total. The number of hydrogen-bond donors (Lipinski definition) is 4. The molecule has 0 aliphatic carbocycles. The summed E-state index contributed by atoms with van der Waals surface area (Å²) in [5.74, 6) is -1.00. The predicted molar refractivity (Wildman–Crippen MR) is 52.2 cm³/mol. The van der Waals surface area contributed by atoms with Gasteiger partial charge in [0.1, 0.15) is 0 Å². The van der Waals surface area contributed by atoms with E-state index in [-0.39, 0.29) is 6.42 Å². The molecule has 0 saturated heterocycles. The number of nitrogens with zero attached hydrogens (tertiary/aromatic N) is 1. The highest BCUT2D eigenvalue weighted by Crippen LogP contribution is 1.93. The second-order valence-electron chi connectivity index (χ2n) is 3.10. The van der Waals surface area contributed by atoms with Crippen LogP contribution in [0.3, 0.4) is 0 Å². The first-order chi connectivity index (χ1) is 7.09. The molecule has 0 aromatic carbocycles. The zero-order valence-electron chi connectivity index (χ0n) is 8.06. The number of nitrogens with one attached hydrogen (secondary N) is 2. The van der Waals surface area contributed by atoms with Crippen LogP contribution in [0.15, 0.2) is 12.4 Å². The maximum absolute atomic E-state index is 11.3. The maximum Gasteiger partial charge on any atom is 0.237 e. The van der Waals surface area contributed by atoms with Crippen LogP contribution in [0.1, 0.15) is 12.0 Å². The van der Waals surface area contributed by atoms with Crippen molar-refractivity contribution in [2.24, 2.45) is 11.5 Å². The van der Waals surface area contributed by atoms with Gasteiger partial charge >= 0.3 is 0 Å². The third kappa shape index (κ3) is 3.77. The van der Waals surface area contributed by atoms with Crippen LogP contribution in [-0.4, -0.2) is 28.1 Å². The Morgan fingerprint density at radius 1 is 1.60 bits per heavy atom. The van der Waals surface area contributed by atoms with Crippen LogP contribution in [0.2, 0.25) is 0 Å². The summed E-state index contributed by atoms with van der Waals surface area (Å²) in [6.07, 6.45) is 3.08. The SMILES string of the molecule is NC(=O)CC(N)C(=O)NCc1cn[nH]c1. The number of rotatable bonds is 5. The average Bonchev–Trinajstić information content (AvgIpc) is 2.65. The molecule has 7 nitrogen and oxygen atoms in total. The number of H-pyrrole nitrogens is 1. The largest absolute Gasteiger partial charge is 0.370 e. The van der Waals surface area contributed by atoms with E-state index in [1.807, 2.05) is 0 Å². The number of primary amides is 1. The van der Waals surface area contributed by atoms with E-state index in [1.165, 1.54) is 0 Å². The molecule has 0 radical (unpaired) electrons. The monoisotopic (exact) mass is 211 g/mol. The van der Waals surface area contributed by atoms with Crippen molar-refractivity contribution in [3.05, 3.63) is 18.0 Å². The molecule has 0 spiro atoms. The molecule has 7 heteroatoms. The molecule has 0 fully saturated rings. The Labute approximate surface area is 86.2 Å². The molecule has 0 saturated carbocycles. The molecule has 0 bridgehead atoms. The lowest BCUT2D eigenvalue weighted by molar-refractivity contribution is -0.126. The topological polar surface area (TPSA) is 127 Å². The first-order valence-electron chi connectivity index (χ1n) is 4.39. The number of carbonyl (C=O) groups is 2. The predicted octanol–water partition coefficient (Wildman–Crippen LogP) is -1.77. The summed E-state index contributed by atoms with van der Waals surface area (Å²) in [6.45, 7) is 0.321. The zero-order chi connectivity index (χ0) is 11.3. The highest BCUT2D eigenvalue weighted by Gasteiger charge is 2.15. The van der Waals surface area contributed by atoms with Gasteiger partial charge in [0.15, 0.2) is 0 Å². The maximum atomic E-state index is 11.3. The quantitative estimate of drug-likeness (QED) is 0.459. The molecular formula is C8H13N5O2. The molecule has 1 unspecified atom stereocenters. The minimum atomic E-state index is -0.894. The molecule has 82 valence electrons. The lowest BCUT2D eigenvalue weighted by atomic mass is 10.2. The van der Waals surface area contributed by atoms with Crippen LogP contribution < -0.4 is 16.8 Å². The molecule has 0 aliphatic heterocycles. The van der Waals surface area contributed by atoms with Crippen molar-refractivity contribution in [3.8, 4) is 0 Å². The summed E-state index contributed by atoms with van der Waals surface area (Å²) in [4.78, 5) is 21.8. The van der Waals surface area contributed by atoms with Gasteiger partial charge in [-0.05, 0) is 0 Å². The van der Waals surface area contributed by atoms with Crippen LogP contribution in [0.5, 0.6) is 0 Å². The fourth-order valence-electron chi connectivity index (χ4n) is 1.00. The van der Waals surface area contributed by atoms with Crippen molar-refractivity contribution in [1.29, 1.82) is 0 Å². The van der Waals surface area contributed by atoms with Crippen LogP contribution in [-0.2, 0) is 16.1 Å². The number of hydrogen-bond acceptors (Lipinski definition) is 4. The highest BCUT2D eigenvalue weighted by atomic mass is 16.2. The second-order valence-corrected chi connectivity index (χ2v) is 3.10. The molecule has 15 heavy (non-hydrogen) atoms. The van der Waals surface area contributed by atoms with Crippen molar-refractivity contribution in [2.45, 2.75) is 19.0 Å². The molecule has 2 amide bonds. The minimum Gasteiger partial charge on any atom is -0.370 e. The van der Waals surface area contributed by atoms with Gasteiger partial charge in [-0.25, -0.2) is 0 Å². The number of nitrogens with two attached hydrogens (primary N) is 2. The summed E-state index contributed by atoms with van der Waals surface area (Å²) >= 11 is 0. The first kappa shape index (κ1) is 11.2. The van der Waals surface area contributed by atoms with Gasteiger partial charge in [0.2, 0.25) is 11.8 Å². The number of aromatic amines is 1. The fraction of sp³-hybridized carbons (Fsp3) is 0.375. The third-order valence-electron chi connectivity index (χ3n) is 1.78. The van der Waals surface area contributed by atoms with Gasteiger partial charge in [-0.15, -0.1) is 0 Å². The summed E-state index contributed by atoms with van der Waals surface area (Å²) < 4.78 is 0. The molecule has 1 aromatic heterocycles. The Kier molecular flexibility index (Phi) is 3.81. The van der Waals surface area contributed by atoms with E-state index in [2.05, 4.69) is 15.5 Å². The Hall–Kier alpha value is -1.89. The van der Waals surface area contributed by atoms with Crippen molar-refractivity contribution >= 4 is 11.8 Å². The van der Waals surface area contributed by atoms with Crippen LogP contribution in [0, 0.1) is 0 Å². The van der Waals surface area contributed by atoms with E-state index < -0.39 is 17.9 Å². The lowest BCUT2D eigenvalue weighted by Gasteiger charge is -2.09. The second kappa shape index (κ2) is 5.11. The lowest BCUT2D eigenvalue weighted by Crippen LogP contribution is -2.42. The summed E-state index contributed by atoms with van der Waals surface area (Å²) in [5, 5.41) is 8.88. The molecule has 0 aliphatic rings. The van der Waals surface area contributed by atoms with E-state index in [0.717, 1.165) is 5.56 Å². The Balaban J connectivity index is 2.32. The Morgan fingerprint density at radius 2 is 2.33 bits per heavy atom. The van der Waals surface area contributed by atoms with E-state index in [9.17, 15) is 9.59 Å². The van der Waals surface area contributed by atoms with Gasteiger partial charge in [-0.3, -0.25) is 14.7 Å². The average molecular weight is 211 g/mol. The molecular weight excluding hydrogens is 198 g/mol. The number of carbonyl (C=O) groups excluding carboxylic acids is 2. The normalized spacial score (nSPS) is 12.1.